The summed E-state index contributed by atoms with van der Waals surface area (Å²) < 4.78 is 38.4. The molecule has 1 heterocycles. The minimum Gasteiger partial charge on any atom is -0.493 e. The quantitative estimate of drug-likeness (QED) is 0.583. The van der Waals surface area contributed by atoms with Crippen LogP contribution in [-0.4, -0.2) is 26.7 Å². The summed E-state index contributed by atoms with van der Waals surface area (Å²) in [4.78, 5) is 28.7. The van der Waals surface area contributed by atoms with Crippen molar-refractivity contribution in [3.63, 3.8) is 0 Å². The summed E-state index contributed by atoms with van der Waals surface area (Å²) in [6.45, 7) is 0. The van der Waals surface area contributed by atoms with Gasteiger partial charge in [0.2, 0.25) is 11.8 Å². The van der Waals surface area contributed by atoms with E-state index in [1.54, 1.807) is 0 Å². The molecule has 1 aromatic carbocycles. The first-order valence-corrected chi connectivity index (χ1v) is 7.13. The van der Waals surface area contributed by atoms with E-state index in [0.29, 0.717) is 0 Å². The third kappa shape index (κ3) is 4.74. The number of anilines is 1. The highest BCUT2D eigenvalue weighted by atomic mass is 32.2. The van der Waals surface area contributed by atoms with Crippen LogP contribution in [0.5, 0.6) is 5.88 Å². The third-order valence-corrected chi connectivity index (χ3v) is 3.43. The molecule has 3 N–H and O–H groups in total. The Morgan fingerprint density at radius 1 is 1.35 bits per heavy atom. The molecule has 0 radical (unpaired) electrons. The Morgan fingerprint density at radius 2 is 2.04 bits per heavy atom. The summed E-state index contributed by atoms with van der Waals surface area (Å²) in [6.07, 6.45) is -4.59. The van der Waals surface area contributed by atoms with Crippen LogP contribution in [0.2, 0.25) is 0 Å². The van der Waals surface area contributed by atoms with Crippen molar-refractivity contribution in [1.29, 1.82) is 0 Å². The fraction of sp³-hybridized carbons (Fsp3) is 0.154. The van der Waals surface area contributed by atoms with Crippen LogP contribution in [0.25, 0.3) is 0 Å². The summed E-state index contributed by atoms with van der Waals surface area (Å²) in [7, 11) is 0. The maximum absolute atomic E-state index is 12.8. The van der Waals surface area contributed by atoms with Crippen LogP contribution in [0.3, 0.4) is 0 Å². The Labute approximate surface area is 131 Å². The van der Waals surface area contributed by atoms with Crippen molar-refractivity contribution < 1.29 is 23.1 Å². The van der Waals surface area contributed by atoms with E-state index >= 15 is 0 Å². The zero-order chi connectivity index (χ0) is 17.0. The normalized spacial score (nSPS) is 11.3. The number of thioether (sulfide) groups is 1. The van der Waals surface area contributed by atoms with Crippen molar-refractivity contribution in [3.05, 3.63) is 46.2 Å². The molecular weight excluding hydrogens is 335 g/mol. The number of benzene rings is 1. The minimum absolute atomic E-state index is 0.0192. The van der Waals surface area contributed by atoms with Crippen molar-refractivity contribution in [2.75, 3.05) is 11.1 Å². The molecule has 2 rings (SSSR count). The Bertz CT molecular complexity index is 777. The lowest BCUT2D eigenvalue weighted by molar-refractivity contribution is -0.137. The fourth-order valence-electron chi connectivity index (χ4n) is 1.65. The lowest BCUT2D eigenvalue weighted by atomic mass is 10.1. The molecule has 23 heavy (non-hydrogen) atoms. The molecule has 0 aliphatic carbocycles. The zero-order valence-electron chi connectivity index (χ0n) is 11.3. The van der Waals surface area contributed by atoms with Gasteiger partial charge in [-0.05, 0) is 12.1 Å². The first-order valence-electron chi connectivity index (χ1n) is 6.15. The van der Waals surface area contributed by atoms with Crippen LogP contribution in [0.15, 0.2) is 40.3 Å². The molecule has 0 fully saturated rings. The number of H-pyrrole nitrogens is 1. The number of aromatic amines is 1. The molecule has 0 spiro atoms. The second-order valence-corrected chi connectivity index (χ2v) is 5.25. The Hall–Kier alpha value is -2.49. The van der Waals surface area contributed by atoms with E-state index in [1.165, 1.54) is 12.1 Å². The van der Waals surface area contributed by atoms with Crippen molar-refractivity contribution in [3.8, 4) is 5.88 Å². The van der Waals surface area contributed by atoms with Gasteiger partial charge >= 0.3 is 6.18 Å². The second kappa shape index (κ2) is 6.73. The molecule has 0 aliphatic rings. The Kier molecular flexibility index (Phi) is 4.94. The molecule has 0 unspecified atom stereocenters. The molecule has 122 valence electrons. The van der Waals surface area contributed by atoms with Gasteiger partial charge in [-0.3, -0.25) is 9.59 Å². The monoisotopic (exact) mass is 345 g/mol. The predicted octanol–water partition coefficient (Wildman–Crippen LogP) is 2.23. The molecule has 10 heteroatoms. The van der Waals surface area contributed by atoms with E-state index in [2.05, 4.69) is 15.3 Å². The Balaban J connectivity index is 2.05. The number of hydrogen-bond donors (Lipinski definition) is 3. The number of aromatic hydroxyl groups is 1. The van der Waals surface area contributed by atoms with Gasteiger partial charge in [0.25, 0.3) is 5.56 Å². The van der Waals surface area contributed by atoms with Gasteiger partial charge in [0.1, 0.15) is 0 Å². The number of aromatic nitrogens is 2. The zero-order valence-corrected chi connectivity index (χ0v) is 12.2. The summed E-state index contributed by atoms with van der Waals surface area (Å²) in [6, 6.07) is 5.43. The van der Waals surface area contributed by atoms with E-state index in [4.69, 9.17) is 5.11 Å². The average Bonchev–Trinajstić information content (AvgIpc) is 2.43. The van der Waals surface area contributed by atoms with Gasteiger partial charge < -0.3 is 15.4 Å². The molecule has 0 saturated carbocycles. The summed E-state index contributed by atoms with van der Waals surface area (Å²) in [5.74, 6) is -1.52. The number of halogens is 3. The number of nitrogens with zero attached hydrogens (tertiary/aromatic N) is 1. The predicted molar refractivity (Wildman–Crippen MR) is 77.3 cm³/mol. The van der Waals surface area contributed by atoms with Crippen molar-refractivity contribution in [2.45, 2.75) is 11.3 Å². The molecule has 1 aromatic heterocycles. The van der Waals surface area contributed by atoms with Crippen LogP contribution >= 0.6 is 11.8 Å². The number of carbonyl (C=O) groups is 1. The van der Waals surface area contributed by atoms with Crippen molar-refractivity contribution in [2.24, 2.45) is 0 Å². The number of hydrogen-bond acceptors (Lipinski definition) is 5. The van der Waals surface area contributed by atoms with Gasteiger partial charge in [-0.2, -0.15) is 18.2 Å². The highest BCUT2D eigenvalue weighted by molar-refractivity contribution is 7.99. The maximum atomic E-state index is 12.8. The summed E-state index contributed by atoms with van der Waals surface area (Å²) in [5.41, 5.74) is -1.92. The highest BCUT2D eigenvalue weighted by Gasteiger charge is 2.33. The van der Waals surface area contributed by atoms with Crippen LogP contribution in [0.4, 0.5) is 18.9 Å². The molecular formula is C13H10F3N3O3S. The smallest absolute Gasteiger partial charge is 0.418 e. The maximum Gasteiger partial charge on any atom is 0.418 e. The number of rotatable bonds is 4. The number of para-hydroxylation sites is 1. The topological polar surface area (TPSA) is 95.1 Å². The molecule has 0 atom stereocenters. The molecule has 6 nitrogen and oxygen atoms in total. The SMILES string of the molecule is O=C(CSc1nc(O)cc(=O)[nH]1)Nc1ccccc1C(F)(F)F. The lowest BCUT2D eigenvalue weighted by Crippen LogP contribution is -2.18. The fourth-order valence-corrected chi connectivity index (χ4v) is 2.32. The molecule has 2 aromatic rings. The van der Waals surface area contributed by atoms with Crippen LogP contribution in [0, 0.1) is 0 Å². The minimum atomic E-state index is -4.59. The van der Waals surface area contributed by atoms with Gasteiger partial charge in [-0.1, -0.05) is 23.9 Å². The van der Waals surface area contributed by atoms with Gasteiger partial charge in [-0.15, -0.1) is 0 Å². The van der Waals surface area contributed by atoms with Gasteiger partial charge in [0.05, 0.1) is 23.1 Å². The van der Waals surface area contributed by atoms with Crippen molar-refractivity contribution in [1.82, 2.24) is 9.97 Å². The van der Waals surface area contributed by atoms with E-state index in [1.807, 2.05) is 0 Å². The molecule has 0 bridgehead atoms. The number of amides is 1. The largest absolute Gasteiger partial charge is 0.493 e. The first-order chi connectivity index (χ1) is 10.8. The first kappa shape index (κ1) is 16.9. The third-order valence-electron chi connectivity index (χ3n) is 2.55. The molecule has 1 amide bonds. The van der Waals surface area contributed by atoms with E-state index in [0.717, 1.165) is 30.0 Å². The molecule has 0 saturated heterocycles. The van der Waals surface area contributed by atoms with Crippen LogP contribution in [0.1, 0.15) is 5.56 Å². The van der Waals surface area contributed by atoms with E-state index in [-0.39, 0.29) is 16.6 Å². The average molecular weight is 345 g/mol. The van der Waals surface area contributed by atoms with Gasteiger partial charge in [-0.25, -0.2) is 0 Å². The summed E-state index contributed by atoms with van der Waals surface area (Å²) in [5, 5.41) is 11.3. The second-order valence-electron chi connectivity index (χ2n) is 4.29. The molecule has 0 aliphatic heterocycles. The van der Waals surface area contributed by atoms with Crippen LogP contribution in [-0.2, 0) is 11.0 Å². The number of alkyl halides is 3. The van der Waals surface area contributed by atoms with Crippen LogP contribution < -0.4 is 10.9 Å². The van der Waals surface area contributed by atoms with Crippen molar-refractivity contribution >= 4 is 23.4 Å². The van der Waals surface area contributed by atoms with Gasteiger partial charge in [0.15, 0.2) is 5.16 Å². The lowest BCUT2D eigenvalue weighted by Gasteiger charge is -2.13. The number of carbonyl (C=O) groups excluding carboxylic acids is 1. The van der Waals surface area contributed by atoms with Gasteiger partial charge in [0, 0.05) is 0 Å². The highest BCUT2D eigenvalue weighted by Crippen LogP contribution is 2.34. The number of nitrogens with one attached hydrogen (secondary N) is 2. The van der Waals surface area contributed by atoms with E-state index < -0.39 is 29.1 Å². The standard InChI is InChI=1S/C13H10F3N3O3S/c14-13(15,16)7-3-1-2-4-8(7)17-11(22)6-23-12-18-9(20)5-10(21)19-12/h1-5H,6H2,(H,17,22)(H2,18,19,20,21). The Morgan fingerprint density at radius 3 is 2.70 bits per heavy atom. The van der Waals surface area contributed by atoms with E-state index in [9.17, 15) is 22.8 Å². The summed E-state index contributed by atoms with van der Waals surface area (Å²) >= 11 is 0.770.